The molecule has 4 rings (SSSR count). The number of fused-ring (bicyclic) bond motifs is 1. The van der Waals surface area contributed by atoms with E-state index in [4.69, 9.17) is 0 Å². The molecule has 34 heavy (non-hydrogen) atoms. The van der Waals surface area contributed by atoms with E-state index in [2.05, 4.69) is 36.0 Å². The van der Waals surface area contributed by atoms with Gasteiger partial charge in [0, 0.05) is 25.8 Å². The van der Waals surface area contributed by atoms with Crippen molar-refractivity contribution in [1.82, 2.24) is 15.2 Å². The minimum atomic E-state index is -4.33. The molecule has 1 fully saturated rings. The van der Waals surface area contributed by atoms with E-state index < -0.39 is 11.7 Å². The van der Waals surface area contributed by atoms with Crippen LogP contribution in [0.15, 0.2) is 36.5 Å². The van der Waals surface area contributed by atoms with Gasteiger partial charge < -0.3 is 5.32 Å². The smallest absolute Gasteiger partial charge is 0.352 e. The number of hydrogen-bond acceptors (Lipinski definition) is 3. The predicted octanol–water partition coefficient (Wildman–Crippen LogP) is 6.37. The zero-order valence-electron chi connectivity index (χ0n) is 20.2. The van der Waals surface area contributed by atoms with E-state index in [0.717, 1.165) is 34.9 Å². The van der Waals surface area contributed by atoms with Crippen LogP contribution < -0.4 is 5.32 Å². The lowest BCUT2D eigenvalue weighted by molar-refractivity contribution is -0.137. The summed E-state index contributed by atoms with van der Waals surface area (Å²) in [6.45, 7) is 8.38. The summed E-state index contributed by atoms with van der Waals surface area (Å²) in [5.74, 6) is 1.52. The van der Waals surface area contributed by atoms with Crippen LogP contribution in [0.25, 0.3) is 0 Å². The number of nitrogens with zero attached hydrogens (tertiary/aromatic N) is 2. The second-order valence-corrected chi connectivity index (χ2v) is 10.4. The number of pyridine rings is 1. The lowest BCUT2D eigenvalue weighted by Gasteiger charge is -2.27. The summed E-state index contributed by atoms with van der Waals surface area (Å²) in [4.78, 5) is 19.7. The van der Waals surface area contributed by atoms with Crippen LogP contribution in [-0.4, -0.2) is 22.3 Å². The van der Waals surface area contributed by atoms with Crippen LogP contribution in [0.3, 0.4) is 0 Å². The highest BCUT2D eigenvalue weighted by Crippen LogP contribution is 2.39. The third-order valence-electron chi connectivity index (χ3n) is 7.30. The largest absolute Gasteiger partial charge is 0.416 e. The minimum Gasteiger partial charge on any atom is -0.352 e. The number of rotatable bonds is 6. The van der Waals surface area contributed by atoms with Gasteiger partial charge in [0.2, 0.25) is 0 Å². The molecular weight excluding hydrogens is 439 g/mol. The molecule has 184 valence electrons. The van der Waals surface area contributed by atoms with E-state index >= 15 is 0 Å². The highest BCUT2D eigenvalue weighted by atomic mass is 19.4. The summed E-state index contributed by atoms with van der Waals surface area (Å²) in [7, 11) is 0. The molecule has 1 N–H and O–H groups in total. The maximum atomic E-state index is 12.9. The molecule has 1 saturated carbocycles. The predicted molar refractivity (Wildman–Crippen MR) is 126 cm³/mol. The fourth-order valence-electron chi connectivity index (χ4n) is 5.33. The van der Waals surface area contributed by atoms with E-state index in [9.17, 15) is 18.0 Å². The zero-order valence-corrected chi connectivity index (χ0v) is 20.2. The fraction of sp³-hybridized carbons (Fsp3) is 0.556. The quantitative estimate of drug-likeness (QED) is 0.530. The fourth-order valence-corrected chi connectivity index (χ4v) is 5.33. The van der Waals surface area contributed by atoms with Gasteiger partial charge in [-0.3, -0.25) is 14.7 Å². The Morgan fingerprint density at radius 1 is 1.15 bits per heavy atom. The number of benzene rings is 1. The molecule has 1 aliphatic heterocycles. The monoisotopic (exact) mass is 473 g/mol. The Kier molecular flexibility index (Phi) is 7.31. The molecule has 7 heteroatoms. The number of nitrogens with one attached hydrogen (secondary N) is 1. The molecule has 0 radical (unpaired) electrons. The summed E-state index contributed by atoms with van der Waals surface area (Å²) < 4.78 is 38.7. The van der Waals surface area contributed by atoms with E-state index in [1.54, 1.807) is 18.3 Å². The van der Waals surface area contributed by atoms with Gasteiger partial charge in [-0.2, -0.15) is 13.2 Å². The third-order valence-corrected chi connectivity index (χ3v) is 7.30. The summed E-state index contributed by atoms with van der Waals surface area (Å²) in [5, 5.41) is 3.09. The summed E-state index contributed by atoms with van der Waals surface area (Å²) in [6.07, 6.45) is 2.11. The number of halogens is 3. The highest BCUT2D eigenvalue weighted by molar-refractivity contribution is 5.94. The number of amides is 1. The maximum Gasteiger partial charge on any atom is 0.416 e. The standard InChI is InChI=1S/C27H34F3N3O/c1-17(2)25-24-22(16-33(25)15-20-8-10-23(11-9-20)27(28,29)30)12-21(14-31-24)26(34)32-13-19-6-4-18(3)5-7-19/h8-12,14,17-19,25H,4-7,13,15-16H2,1-3H3,(H,32,34)/t18?,19?,25-/m0/s1. The van der Waals surface area contributed by atoms with Crippen molar-refractivity contribution in [3.05, 3.63) is 64.5 Å². The number of carbonyl (C=O) groups is 1. The molecule has 0 saturated heterocycles. The van der Waals surface area contributed by atoms with Crippen LogP contribution in [0.2, 0.25) is 0 Å². The van der Waals surface area contributed by atoms with Crippen LogP contribution in [0.1, 0.15) is 85.2 Å². The Bertz CT molecular complexity index is 995. The van der Waals surface area contributed by atoms with Crippen LogP contribution in [0.4, 0.5) is 13.2 Å². The first-order chi connectivity index (χ1) is 16.1. The second kappa shape index (κ2) is 10.1. The minimum absolute atomic E-state index is 0.0543. The maximum absolute atomic E-state index is 12.9. The topological polar surface area (TPSA) is 45.2 Å². The van der Waals surface area contributed by atoms with Gasteiger partial charge in [0.15, 0.2) is 0 Å². The number of alkyl halides is 3. The second-order valence-electron chi connectivity index (χ2n) is 10.4. The lowest BCUT2D eigenvalue weighted by Crippen LogP contribution is -2.31. The summed E-state index contributed by atoms with van der Waals surface area (Å²) in [6, 6.07) is 7.34. The van der Waals surface area contributed by atoms with Crippen LogP contribution in [-0.2, 0) is 19.3 Å². The van der Waals surface area contributed by atoms with E-state index in [1.807, 2.05) is 6.07 Å². The molecule has 2 heterocycles. The van der Waals surface area contributed by atoms with Crippen molar-refractivity contribution in [2.75, 3.05) is 6.54 Å². The molecule has 0 spiro atoms. The normalized spacial score (nSPS) is 23.2. The van der Waals surface area contributed by atoms with E-state index in [-0.39, 0.29) is 17.9 Å². The SMILES string of the molecule is CC1CCC(CNC(=O)c2cnc3c(c2)CN(Cc2ccc(C(F)(F)F)cc2)[C@H]3C(C)C)CC1. The first-order valence-corrected chi connectivity index (χ1v) is 12.3. The molecule has 1 aromatic carbocycles. The Morgan fingerprint density at radius 3 is 2.44 bits per heavy atom. The Labute approximate surface area is 200 Å². The van der Waals surface area contributed by atoms with Crippen molar-refractivity contribution in [3.8, 4) is 0 Å². The molecule has 0 bridgehead atoms. The molecule has 0 unspecified atom stereocenters. The van der Waals surface area contributed by atoms with Gasteiger partial charge in [-0.15, -0.1) is 0 Å². The summed E-state index contributed by atoms with van der Waals surface area (Å²) in [5.41, 5.74) is 2.74. The first-order valence-electron chi connectivity index (χ1n) is 12.3. The first kappa shape index (κ1) is 24.7. The van der Waals surface area contributed by atoms with Crippen LogP contribution in [0, 0.1) is 17.8 Å². The van der Waals surface area contributed by atoms with Crippen molar-refractivity contribution in [2.24, 2.45) is 17.8 Å². The van der Waals surface area contributed by atoms with Crippen molar-refractivity contribution in [1.29, 1.82) is 0 Å². The molecule has 2 aliphatic rings. The average molecular weight is 474 g/mol. The Balaban J connectivity index is 1.43. The van der Waals surface area contributed by atoms with Gasteiger partial charge in [-0.1, -0.05) is 45.7 Å². The molecule has 1 amide bonds. The Hall–Kier alpha value is -2.41. The molecule has 1 aromatic heterocycles. The van der Waals surface area contributed by atoms with Crippen molar-refractivity contribution in [2.45, 2.75) is 71.8 Å². The third kappa shape index (κ3) is 5.62. The molecule has 2 aromatic rings. The van der Waals surface area contributed by atoms with Gasteiger partial charge in [-0.05, 0) is 59.9 Å². The number of aromatic nitrogens is 1. The molecule has 4 nitrogen and oxygen atoms in total. The average Bonchev–Trinajstić information content (AvgIpc) is 3.15. The van der Waals surface area contributed by atoms with Gasteiger partial charge >= 0.3 is 6.18 Å². The number of carbonyl (C=O) groups excluding carboxylic acids is 1. The number of hydrogen-bond donors (Lipinski definition) is 1. The van der Waals surface area contributed by atoms with Crippen LogP contribution in [0.5, 0.6) is 0 Å². The molecular formula is C27H34F3N3O. The van der Waals surface area contributed by atoms with E-state index in [0.29, 0.717) is 31.1 Å². The van der Waals surface area contributed by atoms with Gasteiger partial charge in [-0.25, -0.2) is 0 Å². The summed E-state index contributed by atoms with van der Waals surface area (Å²) >= 11 is 0. The highest BCUT2D eigenvalue weighted by Gasteiger charge is 2.35. The molecule has 1 aliphatic carbocycles. The van der Waals surface area contributed by atoms with Crippen LogP contribution >= 0.6 is 0 Å². The Morgan fingerprint density at radius 2 is 1.82 bits per heavy atom. The van der Waals surface area contributed by atoms with Gasteiger partial charge in [0.05, 0.1) is 22.9 Å². The lowest BCUT2D eigenvalue weighted by atomic mass is 9.83. The van der Waals surface area contributed by atoms with Crippen molar-refractivity contribution >= 4 is 5.91 Å². The zero-order chi connectivity index (χ0) is 24.5. The molecule has 1 atom stereocenters. The van der Waals surface area contributed by atoms with Crippen molar-refractivity contribution in [3.63, 3.8) is 0 Å². The van der Waals surface area contributed by atoms with Gasteiger partial charge in [0.25, 0.3) is 5.91 Å². The van der Waals surface area contributed by atoms with Gasteiger partial charge in [0.1, 0.15) is 0 Å². The van der Waals surface area contributed by atoms with E-state index in [1.165, 1.54) is 25.7 Å². The van der Waals surface area contributed by atoms with Crippen molar-refractivity contribution < 1.29 is 18.0 Å².